The zero-order valence-electron chi connectivity index (χ0n) is 11.5. The smallest absolute Gasteiger partial charge is 0.231 e. The highest BCUT2D eigenvalue weighted by Gasteiger charge is 2.27. The van der Waals surface area contributed by atoms with Crippen LogP contribution < -0.4 is 4.90 Å². The van der Waals surface area contributed by atoms with E-state index in [0.29, 0.717) is 13.0 Å². The van der Waals surface area contributed by atoms with Gasteiger partial charge >= 0.3 is 0 Å². The van der Waals surface area contributed by atoms with Crippen molar-refractivity contribution in [3.05, 3.63) is 46.8 Å². The van der Waals surface area contributed by atoms with Gasteiger partial charge in [-0.2, -0.15) is 5.10 Å². The zero-order valence-corrected chi connectivity index (χ0v) is 11.5. The van der Waals surface area contributed by atoms with Gasteiger partial charge in [-0.1, -0.05) is 18.2 Å². The van der Waals surface area contributed by atoms with Gasteiger partial charge in [0.25, 0.3) is 0 Å². The lowest BCUT2D eigenvalue weighted by atomic mass is 9.94. The Kier molecular flexibility index (Phi) is 2.66. The number of aryl methyl sites for hydroxylation is 2. The van der Waals surface area contributed by atoms with Crippen molar-refractivity contribution in [1.82, 2.24) is 9.78 Å². The third-order valence-electron chi connectivity index (χ3n) is 3.96. The number of fused-ring (bicyclic) bond motifs is 1. The number of benzene rings is 1. The molecular weight excluding hydrogens is 238 g/mol. The monoisotopic (exact) mass is 255 g/mol. The van der Waals surface area contributed by atoms with Gasteiger partial charge in [-0.3, -0.25) is 9.48 Å². The molecule has 1 aromatic carbocycles. The zero-order chi connectivity index (χ0) is 13.6. The minimum absolute atomic E-state index is 0.151. The van der Waals surface area contributed by atoms with Crippen molar-refractivity contribution in [3.63, 3.8) is 0 Å². The molecule has 0 radical (unpaired) electrons. The first kappa shape index (κ1) is 12.0. The van der Waals surface area contributed by atoms with Gasteiger partial charge in [0.1, 0.15) is 0 Å². The van der Waals surface area contributed by atoms with Crippen LogP contribution >= 0.6 is 0 Å². The maximum absolute atomic E-state index is 12.4. The van der Waals surface area contributed by atoms with Gasteiger partial charge in [0.2, 0.25) is 5.91 Å². The van der Waals surface area contributed by atoms with Crippen molar-refractivity contribution in [2.24, 2.45) is 7.05 Å². The van der Waals surface area contributed by atoms with Crippen LogP contribution in [-0.2, 0) is 24.8 Å². The molecule has 0 aliphatic carbocycles. The van der Waals surface area contributed by atoms with Crippen LogP contribution in [0.25, 0.3) is 0 Å². The Morgan fingerprint density at radius 1 is 1.26 bits per heavy atom. The SMILES string of the molecule is Cc1cccc2c1CC(=O)N(c1cnn(C)c1C)C2. The van der Waals surface area contributed by atoms with E-state index in [4.69, 9.17) is 0 Å². The summed E-state index contributed by atoms with van der Waals surface area (Å²) in [5.74, 6) is 0.151. The molecule has 98 valence electrons. The molecule has 1 amide bonds. The predicted octanol–water partition coefficient (Wildman–Crippen LogP) is 2.13. The van der Waals surface area contributed by atoms with E-state index in [9.17, 15) is 4.79 Å². The van der Waals surface area contributed by atoms with E-state index in [1.807, 2.05) is 18.9 Å². The fourth-order valence-electron chi connectivity index (χ4n) is 2.64. The number of hydrogen-bond donors (Lipinski definition) is 0. The first-order valence-corrected chi connectivity index (χ1v) is 6.44. The highest BCUT2D eigenvalue weighted by molar-refractivity contribution is 5.97. The summed E-state index contributed by atoms with van der Waals surface area (Å²) in [6.07, 6.45) is 2.25. The molecule has 4 nitrogen and oxygen atoms in total. The minimum atomic E-state index is 0.151. The molecule has 19 heavy (non-hydrogen) atoms. The molecule has 0 unspecified atom stereocenters. The van der Waals surface area contributed by atoms with Crippen LogP contribution in [-0.4, -0.2) is 15.7 Å². The van der Waals surface area contributed by atoms with E-state index in [0.717, 1.165) is 11.4 Å². The topological polar surface area (TPSA) is 38.1 Å². The Morgan fingerprint density at radius 3 is 2.74 bits per heavy atom. The second-order valence-corrected chi connectivity index (χ2v) is 5.11. The number of amides is 1. The average Bonchev–Trinajstić information content (AvgIpc) is 2.71. The summed E-state index contributed by atoms with van der Waals surface area (Å²) in [4.78, 5) is 14.2. The predicted molar refractivity (Wildman–Crippen MR) is 74.0 cm³/mol. The maximum atomic E-state index is 12.4. The normalized spacial score (nSPS) is 14.7. The lowest BCUT2D eigenvalue weighted by molar-refractivity contribution is -0.118. The molecule has 0 saturated carbocycles. The van der Waals surface area contributed by atoms with Gasteiger partial charge in [-0.05, 0) is 30.5 Å². The number of carbonyl (C=O) groups is 1. The van der Waals surface area contributed by atoms with E-state index >= 15 is 0 Å². The molecule has 0 N–H and O–H groups in total. The van der Waals surface area contributed by atoms with Crippen LogP contribution in [0.5, 0.6) is 0 Å². The standard InChI is InChI=1S/C15H17N3O/c1-10-5-4-6-12-9-18(15(19)7-13(10)12)14-8-16-17(3)11(14)2/h4-6,8H,7,9H2,1-3H3. The van der Waals surface area contributed by atoms with Gasteiger partial charge in [0.15, 0.2) is 0 Å². The molecular formula is C15H17N3O. The lowest BCUT2D eigenvalue weighted by Crippen LogP contribution is -2.36. The minimum Gasteiger partial charge on any atom is -0.304 e. The second kappa shape index (κ2) is 4.23. The fraction of sp³-hybridized carbons (Fsp3) is 0.333. The van der Waals surface area contributed by atoms with E-state index in [1.165, 1.54) is 16.7 Å². The van der Waals surface area contributed by atoms with Crippen molar-refractivity contribution in [2.75, 3.05) is 4.90 Å². The van der Waals surface area contributed by atoms with Crippen molar-refractivity contribution in [3.8, 4) is 0 Å². The Morgan fingerprint density at radius 2 is 2.05 bits per heavy atom. The molecule has 0 saturated heterocycles. The Balaban J connectivity index is 2.03. The highest BCUT2D eigenvalue weighted by atomic mass is 16.2. The molecule has 0 spiro atoms. The van der Waals surface area contributed by atoms with Gasteiger partial charge in [0.05, 0.1) is 30.5 Å². The first-order valence-electron chi connectivity index (χ1n) is 6.44. The third kappa shape index (κ3) is 1.84. The summed E-state index contributed by atoms with van der Waals surface area (Å²) in [5, 5.41) is 4.22. The Labute approximate surface area is 112 Å². The van der Waals surface area contributed by atoms with Gasteiger partial charge < -0.3 is 4.90 Å². The number of carbonyl (C=O) groups excluding carboxylic acids is 1. The van der Waals surface area contributed by atoms with Gasteiger partial charge in [0, 0.05) is 7.05 Å². The first-order chi connectivity index (χ1) is 9.08. The van der Waals surface area contributed by atoms with Crippen LogP contribution in [0.3, 0.4) is 0 Å². The van der Waals surface area contributed by atoms with Crippen molar-refractivity contribution in [1.29, 1.82) is 0 Å². The van der Waals surface area contributed by atoms with E-state index in [-0.39, 0.29) is 5.91 Å². The molecule has 0 atom stereocenters. The number of rotatable bonds is 1. The molecule has 2 aromatic rings. The molecule has 2 heterocycles. The fourth-order valence-corrected chi connectivity index (χ4v) is 2.64. The number of hydrogen-bond acceptors (Lipinski definition) is 2. The van der Waals surface area contributed by atoms with Crippen LogP contribution in [0.1, 0.15) is 22.4 Å². The second-order valence-electron chi connectivity index (χ2n) is 5.11. The average molecular weight is 255 g/mol. The number of anilines is 1. The van der Waals surface area contributed by atoms with Gasteiger partial charge in [-0.15, -0.1) is 0 Å². The summed E-state index contributed by atoms with van der Waals surface area (Å²) in [6, 6.07) is 6.23. The van der Waals surface area contributed by atoms with E-state index < -0.39 is 0 Å². The molecule has 0 bridgehead atoms. The molecule has 1 aliphatic rings. The Bertz CT molecular complexity index is 657. The third-order valence-corrected chi connectivity index (χ3v) is 3.96. The molecule has 0 fully saturated rings. The van der Waals surface area contributed by atoms with Crippen molar-refractivity contribution in [2.45, 2.75) is 26.8 Å². The van der Waals surface area contributed by atoms with Gasteiger partial charge in [-0.25, -0.2) is 0 Å². The molecule has 4 heteroatoms. The Hall–Kier alpha value is -2.10. The van der Waals surface area contributed by atoms with Crippen LogP contribution in [0.2, 0.25) is 0 Å². The maximum Gasteiger partial charge on any atom is 0.231 e. The summed E-state index contributed by atoms with van der Waals surface area (Å²) < 4.78 is 1.80. The molecule has 1 aromatic heterocycles. The summed E-state index contributed by atoms with van der Waals surface area (Å²) >= 11 is 0. The van der Waals surface area contributed by atoms with Crippen LogP contribution in [0.15, 0.2) is 24.4 Å². The molecule has 3 rings (SSSR count). The van der Waals surface area contributed by atoms with Crippen molar-refractivity contribution >= 4 is 11.6 Å². The van der Waals surface area contributed by atoms with Crippen LogP contribution in [0, 0.1) is 13.8 Å². The summed E-state index contributed by atoms with van der Waals surface area (Å²) in [5.41, 5.74) is 5.56. The summed E-state index contributed by atoms with van der Waals surface area (Å²) in [7, 11) is 1.89. The summed E-state index contributed by atoms with van der Waals surface area (Å²) in [6.45, 7) is 4.70. The van der Waals surface area contributed by atoms with E-state index in [2.05, 4.69) is 30.2 Å². The van der Waals surface area contributed by atoms with Crippen molar-refractivity contribution < 1.29 is 4.79 Å². The quantitative estimate of drug-likeness (QED) is 0.783. The highest BCUT2D eigenvalue weighted by Crippen LogP contribution is 2.28. The molecule has 1 aliphatic heterocycles. The van der Waals surface area contributed by atoms with Crippen LogP contribution in [0.4, 0.5) is 5.69 Å². The van der Waals surface area contributed by atoms with E-state index in [1.54, 1.807) is 10.9 Å². The largest absolute Gasteiger partial charge is 0.304 e. The number of aromatic nitrogens is 2. The lowest BCUT2D eigenvalue weighted by Gasteiger charge is -2.29. The number of nitrogens with zero attached hydrogens (tertiary/aromatic N) is 3.